The molecule has 0 fully saturated rings. The average molecular weight is 576 g/mol. The van der Waals surface area contributed by atoms with Crippen LogP contribution < -0.4 is 19.6 Å². The largest absolute Gasteiger partial charge is 0.507 e. The third kappa shape index (κ3) is 8.33. The number of hydrogen-bond donors (Lipinski definition) is 1. The Bertz CT molecular complexity index is 1500. The topological polar surface area (TPSA) is 81.4 Å². The Kier molecular flexibility index (Phi) is 11.1. The molecule has 1 heterocycles. The lowest BCUT2D eigenvalue weighted by molar-refractivity contribution is 0.154. The van der Waals surface area contributed by atoms with E-state index >= 15 is 0 Å². The zero-order valence-corrected chi connectivity index (χ0v) is 25.9. The van der Waals surface area contributed by atoms with Gasteiger partial charge in [-0.3, -0.25) is 9.69 Å². The molecule has 0 atom stereocenters. The Morgan fingerprint density at radius 2 is 1.76 bits per heavy atom. The van der Waals surface area contributed by atoms with E-state index in [0.717, 1.165) is 32.5 Å². The third-order valence-electron chi connectivity index (χ3n) is 6.91. The number of terminal acetylenes is 1. The van der Waals surface area contributed by atoms with Crippen LogP contribution in [0.2, 0.25) is 0 Å². The summed E-state index contributed by atoms with van der Waals surface area (Å²) in [6, 6.07) is 6.20. The van der Waals surface area contributed by atoms with Gasteiger partial charge in [-0.2, -0.15) is 0 Å². The van der Waals surface area contributed by atoms with Crippen molar-refractivity contribution in [3.63, 3.8) is 0 Å². The van der Waals surface area contributed by atoms with E-state index in [1.54, 1.807) is 38.1 Å². The predicted molar refractivity (Wildman–Crippen MR) is 171 cm³/mol. The van der Waals surface area contributed by atoms with Crippen molar-refractivity contribution in [3.05, 3.63) is 59.3 Å². The molecular weight excluding hydrogens is 530 g/mol. The van der Waals surface area contributed by atoms with Crippen LogP contribution in [-0.2, 0) is 0 Å². The van der Waals surface area contributed by atoms with Gasteiger partial charge in [0.05, 0.1) is 5.39 Å². The molecule has 1 aromatic heterocycles. The first-order valence-corrected chi connectivity index (χ1v) is 14.7. The lowest BCUT2D eigenvalue weighted by Gasteiger charge is -2.24. The molecule has 0 spiro atoms. The molecule has 0 aliphatic carbocycles. The predicted octanol–water partition coefficient (Wildman–Crippen LogP) is 7.62. The van der Waals surface area contributed by atoms with Crippen molar-refractivity contribution in [2.24, 2.45) is 0 Å². The van der Waals surface area contributed by atoms with E-state index in [9.17, 15) is 9.90 Å². The minimum Gasteiger partial charge on any atom is -0.507 e. The van der Waals surface area contributed by atoms with Gasteiger partial charge in [-0.15, -0.1) is 6.42 Å². The van der Waals surface area contributed by atoms with Crippen LogP contribution in [0.25, 0.3) is 21.9 Å². The highest BCUT2D eigenvalue weighted by molar-refractivity contribution is 5.96. The number of phenolic OH excluding ortho intramolecular Hbond substituents is 1. The summed E-state index contributed by atoms with van der Waals surface area (Å²) in [6.45, 7) is 18.7. The van der Waals surface area contributed by atoms with Gasteiger partial charge in [0, 0.05) is 18.7 Å². The van der Waals surface area contributed by atoms with E-state index in [0.29, 0.717) is 5.75 Å². The van der Waals surface area contributed by atoms with Gasteiger partial charge in [-0.25, -0.2) is 0 Å². The fourth-order valence-electron chi connectivity index (χ4n) is 4.36. The maximum atomic E-state index is 13.6. The van der Waals surface area contributed by atoms with E-state index < -0.39 is 16.6 Å². The maximum absolute atomic E-state index is 13.6. The van der Waals surface area contributed by atoms with Gasteiger partial charge in [0.15, 0.2) is 16.9 Å². The lowest BCUT2D eigenvalue weighted by Crippen LogP contribution is -2.26. The van der Waals surface area contributed by atoms with Crippen molar-refractivity contribution in [2.45, 2.75) is 78.4 Å². The summed E-state index contributed by atoms with van der Waals surface area (Å²) in [5.41, 5.74) is -1.70. The Morgan fingerprint density at radius 3 is 2.38 bits per heavy atom. The first-order valence-electron chi connectivity index (χ1n) is 14.7. The van der Waals surface area contributed by atoms with Crippen molar-refractivity contribution in [2.75, 3.05) is 26.2 Å². The van der Waals surface area contributed by atoms with Gasteiger partial charge in [0.2, 0.25) is 11.2 Å². The molecule has 0 amide bonds. The van der Waals surface area contributed by atoms with Crippen LogP contribution >= 0.6 is 0 Å². The van der Waals surface area contributed by atoms with Crippen LogP contribution in [-0.4, -0.2) is 47.4 Å². The highest BCUT2D eigenvalue weighted by Crippen LogP contribution is 2.40. The van der Waals surface area contributed by atoms with E-state index in [1.165, 1.54) is 18.9 Å². The summed E-state index contributed by atoms with van der Waals surface area (Å²) >= 11 is 0. The van der Waals surface area contributed by atoms with Crippen LogP contribution in [0.5, 0.6) is 23.0 Å². The zero-order valence-electron chi connectivity index (χ0n) is 25.9. The van der Waals surface area contributed by atoms with Crippen molar-refractivity contribution < 1.29 is 23.7 Å². The molecule has 2 aromatic carbocycles. The number of phenols is 1. The van der Waals surface area contributed by atoms with Gasteiger partial charge in [0.1, 0.15) is 34.7 Å². The van der Waals surface area contributed by atoms with Gasteiger partial charge >= 0.3 is 0 Å². The molecule has 0 unspecified atom stereocenters. The van der Waals surface area contributed by atoms with Gasteiger partial charge < -0.3 is 23.7 Å². The average Bonchev–Trinajstić information content (AvgIpc) is 2.94. The second-order valence-electron chi connectivity index (χ2n) is 11.5. The fraction of sp³-hybridized carbons (Fsp3) is 0.457. The molecule has 7 heteroatoms. The molecule has 3 rings (SSSR count). The molecular formula is C35H45NO6. The van der Waals surface area contributed by atoms with Crippen molar-refractivity contribution in [1.29, 1.82) is 0 Å². The molecule has 0 saturated heterocycles. The Morgan fingerprint density at radius 1 is 1.07 bits per heavy atom. The third-order valence-corrected chi connectivity index (χ3v) is 6.91. The number of unbranched alkanes of at least 4 members (excludes halogenated alkanes) is 2. The maximum Gasteiger partial charge on any atom is 0.205 e. The van der Waals surface area contributed by atoms with Gasteiger partial charge in [0.25, 0.3) is 0 Å². The number of hydrogen-bond acceptors (Lipinski definition) is 7. The van der Waals surface area contributed by atoms with E-state index in [4.69, 9.17) is 25.1 Å². The minimum atomic E-state index is -0.933. The number of fused-ring (bicyclic) bond motifs is 2. The molecule has 7 nitrogen and oxygen atoms in total. The number of aromatic hydroxyl groups is 1. The van der Waals surface area contributed by atoms with E-state index in [-0.39, 0.29) is 45.8 Å². The van der Waals surface area contributed by atoms with Crippen LogP contribution in [0.4, 0.5) is 0 Å². The standard InChI is InChI=1S/C35H45NO6/c1-9-13-19-36(20-14-10-2)21-15-16-22-39-33-28(42-35(7,8)12-4)18-17-26-31(38)30-27(37)23-25(41-34(5,6)11-3)24-29(30)40-32(26)33/h3,12,15-18,23-24,37H,4,9-10,13-14,19-22H2,1-2,5-8H3/b16-15+. The van der Waals surface area contributed by atoms with Crippen LogP contribution in [0.3, 0.4) is 0 Å². The Balaban J connectivity index is 2.04. The molecule has 42 heavy (non-hydrogen) atoms. The summed E-state index contributed by atoms with van der Waals surface area (Å²) in [7, 11) is 0. The van der Waals surface area contributed by atoms with E-state index in [2.05, 4.69) is 37.3 Å². The van der Waals surface area contributed by atoms with Crippen molar-refractivity contribution in [3.8, 4) is 35.3 Å². The van der Waals surface area contributed by atoms with Crippen LogP contribution in [0.1, 0.15) is 67.2 Å². The van der Waals surface area contributed by atoms with Gasteiger partial charge in [-0.05, 0) is 71.8 Å². The highest BCUT2D eigenvalue weighted by atomic mass is 16.5. The van der Waals surface area contributed by atoms with Crippen molar-refractivity contribution >= 4 is 21.9 Å². The minimum absolute atomic E-state index is 0.0403. The first-order chi connectivity index (χ1) is 19.9. The molecule has 0 saturated carbocycles. The smallest absolute Gasteiger partial charge is 0.205 e. The summed E-state index contributed by atoms with van der Waals surface area (Å²) in [5, 5.41) is 11.0. The number of rotatable bonds is 16. The quantitative estimate of drug-likeness (QED) is 0.107. The zero-order chi connectivity index (χ0) is 30.9. The highest BCUT2D eigenvalue weighted by Gasteiger charge is 2.24. The normalized spacial score (nSPS) is 12.2. The molecule has 0 aliphatic heterocycles. The van der Waals surface area contributed by atoms with Gasteiger partial charge in [-0.1, -0.05) is 51.3 Å². The number of nitrogens with zero attached hydrogens (tertiary/aromatic N) is 1. The van der Waals surface area contributed by atoms with E-state index in [1.807, 2.05) is 19.9 Å². The second-order valence-corrected chi connectivity index (χ2v) is 11.5. The Labute approximate surface area is 249 Å². The summed E-state index contributed by atoms with van der Waals surface area (Å²) in [4.78, 5) is 16.0. The Hall–Kier alpha value is -3.89. The monoisotopic (exact) mass is 575 g/mol. The molecule has 1 N–H and O–H groups in total. The fourth-order valence-corrected chi connectivity index (χ4v) is 4.36. The summed E-state index contributed by atoms with van der Waals surface area (Å²) in [5.74, 6) is 3.25. The first kappa shape index (κ1) is 32.6. The summed E-state index contributed by atoms with van der Waals surface area (Å²) < 4.78 is 24.5. The van der Waals surface area contributed by atoms with Crippen molar-refractivity contribution in [1.82, 2.24) is 4.90 Å². The summed E-state index contributed by atoms with van der Waals surface area (Å²) in [6.07, 6.45) is 16.0. The molecule has 226 valence electrons. The molecule has 0 aliphatic rings. The van der Waals surface area contributed by atoms with Crippen LogP contribution in [0, 0.1) is 12.3 Å². The number of ether oxygens (including phenoxy) is 3. The second kappa shape index (κ2) is 14.3. The number of benzene rings is 2. The van der Waals surface area contributed by atoms with Crippen LogP contribution in [0.15, 0.2) is 58.3 Å². The SMILES string of the molecule is C#CC(C)(C)Oc1cc(O)c2c(=O)c3ccc(OC(C)(C)C=C)c(OC/C=C/CN(CCCC)CCCC)c3oc2c1. The lowest BCUT2D eigenvalue weighted by atomic mass is 10.1. The molecule has 3 aromatic rings. The molecule has 0 radical (unpaired) electrons. The molecule has 0 bridgehead atoms.